The highest BCUT2D eigenvalue weighted by atomic mass is 35.5. The minimum atomic E-state index is -1.05. The summed E-state index contributed by atoms with van der Waals surface area (Å²) in [6, 6.07) is 10.3. The van der Waals surface area contributed by atoms with Gasteiger partial charge in [0.1, 0.15) is 5.69 Å². The summed E-state index contributed by atoms with van der Waals surface area (Å²) in [7, 11) is 0. The van der Waals surface area contributed by atoms with Gasteiger partial charge in [0.25, 0.3) is 0 Å². The highest BCUT2D eigenvalue weighted by molar-refractivity contribution is 6.30. The zero-order valence-corrected chi connectivity index (χ0v) is 9.48. The third-order valence-corrected chi connectivity index (χ3v) is 2.36. The number of nitrogens with one attached hydrogen (secondary N) is 1. The summed E-state index contributed by atoms with van der Waals surface area (Å²) in [6.07, 6.45) is 1.45. The highest BCUT2D eigenvalue weighted by Crippen LogP contribution is 2.18. The van der Waals surface area contributed by atoms with E-state index in [0.29, 0.717) is 10.7 Å². The van der Waals surface area contributed by atoms with Gasteiger partial charge in [-0.3, -0.25) is 0 Å². The van der Waals surface area contributed by atoms with Gasteiger partial charge in [0, 0.05) is 22.6 Å². The molecule has 0 radical (unpaired) electrons. The first kappa shape index (κ1) is 11.4. The molecule has 0 atom stereocenters. The van der Waals surface area contributed by atoms with Gasteiger partial charge in [-0.05, 0) is 36.4 Å². The second kappa shape index (κ2) is 4.84. The van der Waals surface area contributed by atoms with Gasteiger partial charge in [-0.15, -0.1) is 0 Å². The Bertz CT molecular complexity index is 540. The molecule has 0 saturated heterocycles. The molecule has 0 unspecified atom stereocenters. The van der Waals surface area contributed by atoms with Crippen LogP contribution in [0.5, 0.6) is 0 Å². The number of carbonyl (C=O) groups is 1. The average molecular weight is 249 g/mol. The summed E-state index contributed by atoms with van der Waals surface area (Å²) in [5, 5.41) is 12.5. The number of benzene rings is 1. The van der Waals surface area contributed by atoms with Crippen LogP contribution < -0.4 is 5.32 Å². The van der Waals surface area contributed by atoms with Crippen molar-refractivity contribution in [3.8, 4) is 0 Å². The molecule has 2 rings (SSSR count). The van der Waals surface area contributed by atoms with Gasteiger partial charge < -0.3 is 10.4 Å². The van der Waals surface area contributed by atoms with E-state index >= 15 is 0 Å². The number of hydrogen-bond donors (Lipinski definition) is 2. The maximum absolute atomic E-state index is 10.7. The van der Waals surface area contributed by atoms with E-state index in [9.17, 15) is 4.79 Å². The van der Waals surface area contributed by atoms with Crippen molar-refractivity contribution in [1.82, 2.24) is 4.98 Å². The Balaban J connectivity index is 2.21. The molecule has 5 heteroatoms. The van der Waals surface area contributed by atoms with Crippen molar-refractivity contribution in [3.63, 3.8) is 0 Å². The Morgan fingerprint density at radius 1 is 1.18 bits per heavy atom. The first-order valence-electron chi connectivity index (χ1n) is 4.87. The van der Waals surface area contributed by atoms with Crippen LogP contribution in [0.3, 0.4) is 0 Å². The molecular weight excluding hydrogens is 240 g/mol. The first-order valence-corrected chi connectivity index (χ1v) is 5.25. The van der Waals surface area contributed by atoms with Crippen molar-refractivity contribution >= 4 is 28.9 Å². The van der Waals surface area contributed by atoms with Crippen LogP contribution in [0.15, 0.2) is 42.6 Å². The fraction of sp³-hybridized carbons (Fsp3) is 0. The summed E-state index contributed by atoms with van der Waals surface area (Å²) in [5.74, 6) is -1.05. The summed E-state index contributed by atoms with van der Waals surface area (Å²) < 4.78 is 0. The van der Waals surface area contributed by atoms with E-state index in [4.69, 9.17) is 16.7 Å². The van der Waals surface area contributed by atoms with Crippen molar-refractivity contribution in [1.29, 1.82) is 0 Å². The number of aromatic carboxylic acids is 1. The predicted octanol–water partition coefficient (Wildman–Crippen LogP) is 3.18. The predicted molar refractivity (Wildman–Crippen MR) is 65.9 cm³/mol. The van der Waals surface area contributed by atoms with E-state index in [0.717, 1.165) is 5.69 Å². The molecule has 1 aromatic heterocycles. The van der Waals surface area contributed by atoms with E-state index in [2.05, 4.69) is 10.3 Å². The number of carboxylic acids is 1. The largest absolute Gasteiger partial charge is 0.477 e. The first-order chi connectivity index (χ1) is 8.15. The van der Waals surface area contributed by atoms with Gasteiger partial charge >= 0.3 is 5.97 Å². The molecular formula is C12H9ClN2O2. The SMILES string of the molecule is O=C(O)c1cc(Nc2ccc(Cl)cc2)ccn1. The molecule has 86 valence electrons. The lowest BCUT2D eigenvalue weighted by molar-refractivity contribution is 0.0690. The highest BCUT2D eigenvalue weighted by Gasteiger charge is 2.04. The van der Waals surface area contributed by atoms with Crippen LogP contribution in [-0.2, 0) is 0 Å². The van der Waals surface area contributed by atoms with Gasteiger partial charge in [-0.2, -0.15) is 0 Å². The third-order valence-electron chi connectivity index (χ3n) is 2.11. The minimum absolute atomic E-state index is 0.00367. The number of aromatic nitrogens is 1. The maximum atomic E-state index is 10.7. The van der Waals surface area contributed by atoms with Crippen LogP contribution in [0.4, 0.5) is 11.4 Å². The lowest BCUT2D eigenvalue weighted by atomic mass is 10.2. The Morgan fingerprint density at radius 2 is 1.88 bits per heavy atom. The quantitative estimate of drug-likeness (QED) is 0.876. The number of carboxylic acid groups (broad SMARTS) is 1. The zero-order chi connectivity index (χ0) is 12.3. The number of rotatable bonds is 3. The second-order valence-corrected chi connectivity index (χ2v) is 3.80. The Hall–Kier alpha value is -2.07. The van der Waals surface area contributed by atoms with Crippen LogP contribution in [-0.4, -0.2) is 16.1 Å². The van der Waals surface area contributed by atoms with Crippen molar-refractivity contribution in [3.05, 3.63) is 53.3 Å². The average Bonchev–Trinajstić information content (AvgIpc) is 2.32. The van der Waals surface area contributed by atoms with E-state index in [1.54, 1.807) is 18.2 Å². The van der Waals surface area contributed by atoms with Gasteiger partial charge in [0.05, 0.1) is 0 Å². The molecule has 0 fully saturated rings. The normalized spacial score (nSPS) is 9.94. The standard InChI is InChI=1S/C12H9ClN2O2/c13-8-1-3-9(4-2-8)15-10-5-6-14-11(7-10)12(16)17/h1-7H,(H,14,15)(H,16,17). The van der Waals surface area contributed by atoms with E-state index in [1.165, 1.54) is 12.3 Å². The summed E-state index contributed by atoms with van der Waals surface area (Å²) >= 11 is 5.77. The lowest BCUT2D eigenvalue weighted by Crippen LogP contribution is -2.00. The lowest BCUT2D eigenvalue weighted by Gasteiger charge is -2.06. The second-order valence-electron chi connectivity index (χ2n) is 3.37. The monoisotopic (exact) mass is 248 g/mol. The Kier molecular flexibility index (Phi) is 3.25. The van der Waals surface area contributed by atoms with Crippen LogP contribution in [0, 0.1) is 0 Å². The fourth-order valence-electron chi connectivity index (χ4n) is 1.33. The van der Waals surface area contributed by atoms with Crippen molar-refractivity contribution in [2.24, 2.45) is 0 Å². The molecule has 0 aliphatic rings. The summed E-state index contributed by atoms with van der Waals surface area (Å²) in [4.78, 5) is 14.5. The van der Waals surface area contributed by atoms with Crippen molar-refractivity contribution in [2.75, 3.05) is 5.32 Å². The number of pyridine rings is 1. The molecule has 0 amide bonds. The number of hydrogen-bond acceptors (Lipinski definition) is 3. The topological polar surface area (TPSA) is 62.2 Å². The zero-order valence-electron chi connectivity index (χ0n) is 8.72. The Morgan fingerprint density at radius 3 is 2.53 bits per heavy atom. The molecule has 0 bridgehead atoms. The molecule has 2 N–H and O–H groups in total. The molecule has 17 heavy (non-hydrogen) atoms. The molecule has 4 nitrogen and oxygen atoms in total. The number of halogens is 1. The van der Waals surface area contributed by atoms with Crippen LogP contribution in [0.25, 0.3) is 0 Å². The van der Waals surface area contributed by atoms with Crippen molar-refractivity contribution < 1.29 is 9.90 Å². The molecule has 1 aromatic carbocycles. The summed E-state index contributed by atoms with van der Waals surface area (Å²) in [6.45, 7) is 0. The molecule has 0 aliphatic carbocycles. The van der Waals surface area contributed by atoms with Gasteiger partial charge in [0.15, 0.2) is 0 Å². The molecule has 0 spiro atoms. The van der Waals surface area contributed by atoms with Gasteiger partial charge in [-0.1, -0.05) is 11.6 Å². The van der Waals surface area contributed by atoms with E-state index in [-0.39, 0.29) is 5.69 Å². The van der Waals surface area contributed by atoms with E-state index < -0.39 is 5.97 Å². The Labute approximate surface area is 103 Å². The van der Waals surface area contributed by atoms with Crippen LogP contribution in [0.1, 0.15) is 10.5 Å². The van der Waals surface area contributed by atoms with Crippen LogP contribution >= 0.6 is 11.6 Å². The number of anilines is 2. The van der Waals surface area contributed by atoms with Crippen molar-refractivity contribution in [2.45, 2.75) is 0 Å². The maximum Gasteiger partial charge on any atom is 0.354 e. The summed E-state index contributed by atoms with van der Waals surface area (Å²) in [5.41, 5.74) is 1.50. The number of nitrogens with zero attached hydrogens (tertiary/aromatic N) is 1. The minimum Gasteiger partial charge on any atom is -0.477 e. The van der Waals surface area contributed by atoms with E-state index in [1.807, 2.05) is 12.1 Å². The molecule has 1 heterocycles. The smallest absolute Gasteiger partial charge is 0.354 e. The van der Waals surface area contributed by atoms with Crippen LogP contribution in [0.2, 0.25) is 5.02 Å². The fourth-order valence-corrected chi connectivity index (χ4v) is 1.45. The molecule has 2 aromatic rings. The molecule has 0 saturated carbocycles. The molecule has 0 aliphatic heterocycles. The third kappa shape index (κ3) is 2.95. The van der Waals surface area contributed by atoms with Gasteiger partial charge in [0.2, 0.25) is 0 Å². The van der Waals surface area contributed by atoms with Gasteiger partial charge in [-0.25, -0.2) is 9.78 Å².